The van der Waals surface area contributed by atoms with E-state index in [9.17, 15) is 4.79 Å². The van der Waals surface area contributed by atoms with E-state index in [1.807, 2.05) is 24.3 Å². The number of aliphatic hydroxyl groups is 1. The van der Waals surface area contributed by atoms with E-state index in [0.717, 1.165) is 30.0 Å². The summed E-state index contributed by atoms with van der Waals surface area (Å²) in [5.41, 5.74) is 0.667. The Morgan fingerprint density at radius 2 is 2.05 bits per heavy atom. The first kappa shape index (κ1) is 13.5. The van der Waals surface area contributed by atoms with Crippen LogP contribution in [0.2, 0.25) is 0 Å². The maximum atomic E-state index is 11.9. The highest BCUT2D eigenvalue weighted by molar-refractivity contribution is 5.98. The Morgan fingerprint density at radius 1 is 1.16 bits per heavy atom. The normalized spacial score (nSPS) is 10.6. The standard InChI is InChI=1S/C15H18N2O2/c18-9-3-1-2-7-17-15(19)13-4-5-14-11-16-8-6-12(14)10-13/h4-6,8,10-11,18H,1-3,7,9H2,(H,17,19). The largest absolute Gasteiger partial charge is 0.396 e. The molecule has 1 aromatic carbocycles. The Balaban J connectivity index is 1.93. The first-order chi connectivity index (χ1) is 9.31. The lowest BCUT2D eigenvalue weighted by atomic mass is 10.1. The zero-order chi connectivity index (χ0) is 13.5. The maximum Gasteiger partial charge on any atom is 0.251 e. The number of carbonyl (C=O) groups excluding carboxylic acids is 1. The second-order valence-corrected chi connectivity index (χ2v) is 4.48. The van der Waals surface area contributed by atoms with Crippen molar-refractivity contribution < 1.29 is 9.90 Å². The number of fused-ring (bicyclic) bond motifs is 1. The second kappa shape index (κ2) is 6.85. The summed E-state index contributed by atoms with van der Waals surface area (Å²) in [6.07, 6.45) is 6.12. The Bertz CT molecular complexity index is 555. The Hall–Kier alpha value is -1.94. The molecule has 1 heterocycles. The summed E-state index contributed by atoms with van der Waals surface area (Å²) in [4.78, 5) is 16.0. The summed E-state index contributed by atoms with van der Waals surface area (Å²) in [6.45, 7) is 0.861. The monoisotopic (exact) mass is 258 g/mol. The van der Waals surface area contributed by atoms with E-state index in [2.05, 4.69) is 10.3 Å². The third kappa shape index (κ3) is 3.76. The van der Waals surface area contributed by atoms with Crippen molar-refractivity contribution in [3.05, 3.63) is 42.2 Å². The van der Waals surface area contributed by atoms with Crippen LogP contribution in [0.3, 0.4) is 0 Å². The molecule has 4 heteroatoms. The van der Waals surface area contributed by atoms with Crippen LogP contribution in [0.1, 0.15) is 29.6 Å². The minimum Gasteiger partial charge on any atom is -0.396 e. The number of benzene rings is 1. The van der Waals surface area contributed by atoms with Crippen molar-refractivity contribution in [3.63, 3.8) is 0 Å². The Kier molecular flexibility index (Phi) is 4.86. The van der Waals surface area contributed by atoms with E-state index >= 15 is 0 Å². The van der Waals surface area contributed by atoms with Crippen molar-refractivity contribution in [2.75, 3.05) is 13.2 Å². The fourth-order valence-electron chi connectivity index (χ4n) is 1.94. The minimum atomic E-state index is -0.0530. The molecule has 2 rings (SSSR count). The van der Waals surface area contributed by atoms with Gasteiger partial charge < -0.3 is 10.4 Å². The van der Waals surface area contributed by atoms with Gasteiger partial charge in [0.05, 0.1) is 0 Å². The second-order valence-electron chi connectivity index (χ2n) is 4.48. The molecule has 4 nitrogen and oxygen atoms in total. The van der Waals surface area contributed by atoms with Crippen LogP contribution in [0, 0.1) is 0 Å². The highest BCUT2D eigenvalue weighted by Gasteiger charge is 2.05. The fraction of sp³-hybridized carbons (Fsp3) is 0.333. The number of unbranched alkanes of at least 4 members (excludes halogenated alkanes) is 2. The summed E-state index contributed by atoms with van der Waals surface area (Å²) in [7, 11) is 0. The molecule has 0 aliphatic carbocycles. The molecule has 0 atom stereocenters. The van der Waals surface area contributed by atoms with Gasteiger partial charge in [-0.05, 0) is 42.8 Å². The van der Waals surface area contributed by atoms with Gasteiger partial charge in [-0.25, -0.2) is 0 Å². The van der Waals surface area contributed by atoms with Gasteiger partial charge in [0.25, 0.3) is 5.91 Å². The number of nitrogens with zero attached hydrogens (tertiary/aromatic N) is 1. The molecule has 19 heavy (non-hydrogen) atoms. The van der Waals surface area contributed by atoms with Gasteiger partial charge in [0, 0.05) is 36.5 Å². The summed E-state index contributed by atoms with van der Waals surface area (Å²) in [5, 5.41) is 13.6. The molecule has 0 aliphatic rings. The first-order valence-corrected chi connectivity index (χ1v) is 6.54. The van der Waals surface area contributed by atoms with Crippen LogP contribution >= 0.6 is 0 Å². The molecular weight excluding hydrogens is 240 g/mol. The number of pyridine rings is 1. The van der Waals surface area contributed by atoms with Crippen molar-refractivity contribution in [1.82, 2.24) is 10.3 Å². The van der Waals surface area contributed by atoms with Crippen molar-refractivity contribution in [2.45, 2.75) is 19.3 Å². The molecular formula is C15H18N2O2. The van der Waals surface area contributed by atoms with Gasteiger partial charge >= 0.3 is 0 Å². The van der Waals surface area contributed by atoms with E-state index in [-0.39, 0.29) is 12.5 Å². The fourth-order valence-corrected chi connectivity index (χ4v) is 1.94. The minimum absolute atomic E-state index is 0.0530. The van der Waals surface area contributed by atoms with Gasteiger partial charge in [0.2, 0.25) is 0 Å². The van der Waals surface area contributed by atoms with Crippen molar-refractivity contribution in [2.24, 2.45) is 0 Å². The van der Waals surface area contributed by atoms with Crippen molar-refractivity contribution in [3.8, 4) is 0 Å². The van der Waals surface area contributed by atoms with Crippen LogP contribution in [0.15, 0.2) is 36.7 Å². The van der Waals surface area contributed by atoms with Crippen LogP contribution in [0.4, 0.5) is 0 Å². The average Bonchev–Trinajstić information content (AvgIpc) is 2.46. The molecule has 2 N–H and O–H groups in total. The van der Waals surface area contributed by atoms with E-state index in [1.54, 1.807) is 12.4 Å². The number of aromatic nitrogens is 1. The Morgan fingerprint density at radius 3 is 2.89 bits per heavy atom. The molecule has 0 radical (unpaired) electrons. The topological polar surface area (TPSA) is 62.2 Å². The van der Waals surface area contributed by atoms with Gasteiger partial charge in [-0.3, -0.25) is 9.78 Å². The molecule has 1 amide bonds. The lowest BCUT2D eigenvalue weighted by Gasteiger charge is -2.06. The smallest absolute Gasteiger partial charge is 0.251 e. The van der Waals surface area contributed by atoms with Crippen LogP contribution in [-0.2, 0) is 0 Å². The van der Waals surface area contributed by atoms with Gasteiger partial charge in [0.15, 0.2) is 0 Å². The molecule has 0 saturated carbocycles. The third-order valence-corrected chi connectivity index (χ3v) is 3.02. The van der Waals surface area contributed by atoms with E-state index < -0.39 is 0 Å². The molecule has 0 aliphatic heterocycles. The number of nitrogens with one attached hydrogen (secondary N) is 1. The number of rotatable bonds is 6. The molecule has 0 saturated heterocycles. The summed E-state index contributed by atoms with van der Waals surface area (Å²) < 4.78 is 0. The molecule has 1 aromatic heterocycles. The highest BCUT2D eigenvalue weighted by Crippen LogP contribution is 2.14. The summed E-state index contributed by atoms with van der Waals surface area (Å²) >= 11 is 0. The SMILES string of the molecule is O=C(NCCCCCO)c1ccc2cnccc2c1. The zero-order valence-electron chi connectivity index (χ0n) is 10.8. The lowest BCUT2D eigenvalue weighted by molar-refractivity contribution is 0.0953. The predicted octanol–water partition coefficient (Wildman–Crippen LogP) is 2.13. The Labute approximate surface area is 112 Å². The number of aliphatic hydroxyl groups excluding tert-OH is 1. The molecule has 0 spiro atoms. The lowest BCUT2D eigenvalue weighted by Crippen LogP contribution is -2.24. The van der Waals surface area contributed by atoms with Crippen LogP contribution < -0.4 is 5.32 Å². The quantitative estimate of drug-likeness (QED) is 0.780. The van der Waals surface area contributed by atoms with Crippen molar-refractivity contribution in [1.29, 1.82) is 0 Å². The van der Waals surface area contributed by atoms with E-state index in [0.29, 0.717) is 12.1 Å². The van der Waals surface area contributed by atoms with Gasteiger partial charge in [0.1, 0.15) is 0 Å². The maximum absolute atomic E-state index is 11.9. The van der Waals surface area contributed by atoms with Crippen LogP contribution in [0.25, 0.3) is 10.8 Å². The molecule has 0 fully saturated rings. The van der Waals surface area contributed by atoms with Gasteiger partial charge in [-0.1, -0.05) is 6.07 Å². The number of amides is 1. The van der Waals surface area contributed by atoms with E-state index in [4.69, 9.17) is 5.11 Å². The molecule has 2 aromatic rings. The third-order valence-electron chi connectivity index (χ3n) is 3.02. The molecule has 100 valence electrons. The molecule has 0 unspecified atom stereocenters. The number of carbonyl (C=O) groups is 1. The van der Waals surface area contributed by atoms with Crippen LogP contribution in [0.5, 0.6) is 0 Å². The number of hydrogen-bond donors (Lipinski definition) is 2. The average molecular weight is 258 g/mol. The number of hydrogen-bond acceptors (Lipinski definition) is 3. The van der Waals surface area contributed by atoms with Crippen molar-refractivity contribution >= 4 is 16.7 Å². The molecule has 0 bridgehead atoms. The van der Waals surface area contributed by atoms with Gasteiger partial charge in [-0.2, -0.15) is 0 Å². The summed E-state index contributed by atoms with van der Waals surface area (Å²) in [6, 6.07) is 7.49. The summed E-state index contributed by atoms with van der Waals surface area (Å²) in [5.74, 6) is -0.0530. The van der Waals surface area contributed by atoms with Gasteiger partial charge in [-0.15, -0.1) is 0 Å². The van der Waals surface area contributed by atoms with Crippen LogP contribution in [-0.4, -0.2) is 29.1 Å². The predicted molar refractivity (Wildman–Crippen MR) is 75.0 cm³/mol. The van der Waals surface area contributed by atoms with E-state index in [1.165, 1.54) is 0 Å². The first-order valence-electron chi connectivity index (χ1n) is 6.54. The zero-order valence-corrected chi connectivity index (χ0v) is 10.8. The highest BCUT2D eigenvalue weighted by atomic mass is 16.2.